The summed E-state index contributed by atoms with van der Waals surface area (Å²) in [4.78, 5) is 25.8. The van der Waals surface area contributed by atoms with Gasteiger partial charge in [0.25, 0.3) is 0 Å². The molecular weight excluding hydrogens is 232 g/mol. The Balaban J connectivity index is 2.34. The lowest BCUT2D eigenvalue weighted by Crippen LogP contribution is -2.32. The molecule has 0 atom stereocenters. The molecule has 0 spiro atoms. The number of nitrogens with zero attached hydrogens (tertiary/aromatic N) is 2. The minimum Gasteiger partial charge on any atom is -0.327 e. The van der Waals surface area contributed by atoms with E-state index < -0.39 is 0 Å². The molecule has 0 saturated carbocycles. The van der Waals surface area contributed by atoms with Gasteiger partial charge in [-0.1, -0.05) is 20.3 Å². The zero-order valence-corrected chi connectivity index (χ0v) is 11.1. The fourth-order valence-electron chi connectivity index (χ4n) is 2.48. The van der Waals surface area contributed by atoms with Gasteiger partial charge in [0.2, 0.25) is 0 Å². The van der Waals surface area contributed by atoms with Crippen LogP contribution in [-0.4, -0.2) is 28.8 Å². The molecule has 0 N–H and O–H groups in total. The molecule has 2 heterocycles. The summed E-state index contributed by atoms with van der Waals surface area (Å²) in [6, 6.07) is -0.191. The van der Waals surface area contributed by atoms with E-state index in [9.17, 15) is 9.59 Å². The van der Waals surface area contributed by atoms with E-state index in [0.29, 0.717) is 18.4 Å². The van der Waals surface area contributed by atoms with E-state index in [-0.39, 0.29) is 11.7 Å². The molecule has 1 aliphatic heterocycles. The second-order valence-corrected chi connectivity index (χ2v) is 4.68. The summed E-state index contributed by atoms with van der Waals surface area (Å²) in [5.74, 6) is 0. The molecule has 5 nitrogen and oxygen atoms in total. The number of hydrogen-bond acceptors (Lipinski definition) is 3. The molecule has 0 aliphatic carbocycles. The Bertz CT molecular complexity index is 481. The number of hydrogen-bond donors (Lipinski definition) is 0. The Morgan fingerprint density at radius 3 is 2.50 bits per heavy atom. The molecule has 2 rings (SSSR count). The number of rotatable bonds is 3. The summed E-state index contributed by atoms with van der Waals surface area (Å²) in [7, 11) is 0. The largest absolute Gasteiger partial charge is 0.361 e. The first-order valence-corrected chi connectivity index (χ1v) is 6.72. The second kappa shape index (κ2) is 5.42. The van der Waals surface area contributed by atoms with Gasteiger partial charge >= 0.3 is 11.7 Å². The van der Waals surface area contributed by atoms with Crippen molar-refractivity contribution in [2.24, 2.45) is 0 Å². The summed E-state index contributed by atoms with van der Waals surface area (Å²) < 4.78 is 6.34. The fourth-order valence-corrected chi connectivity index (χ4v) is 2.48. The minimum absolute atomic E-state index is 0.191. The third kappa shape index (κ3) is 2.21. The number of carbonyl (C=O) groups is 1. The highest BCUT2D eigenvalue weighted by Crippen LogP contribution is 2.14. The van der Waals surface area contributed by atoms with Crippen LogP contribution in [0, 0.1) is 0 Å². The predicted octanol–water partition coefficient (Wildman–Crippen LogP) is 2.02. The van der Waals surface area contributed by atoms with Gasteiger partial charge in [0.15, 0.2) is 0 Å². The maximum atomic E-state index is 12.3. The van der Waals surface area contributed by atoms with Crippen LogP contribution in [0.15, 0.2) is 9.32 Å². The van der Waals surface area contributed by atoms with Crippen LogP contribution in [-0.2, 0) is 12.8 Å². The van der Waals surface area contributed by atoms with Crippen LogP contribution in [0.1, 0.15) is 44.4 Å². The van der Waals surface area contributed by atoms with Crippen molar-refractivity contribution < 1.29 is 9.32 Å². The Labute approximate surface area is 106 Å². The van der Waals surface area contributed by atoms with E-state index in [4.69, 9.17) is 4.52 Å². The molecule has 0 unspecified atom stereocenters. The molecule has 0 aromatic carbocycles. The number of aromatic nitrogens is 1. The first kappa shape index (κ1) is 12.9. The topological polar surface area (TPSA) is 55.5 Å². The monoisotopic (exact) mass is 252 g/mol. The molecule has 1 aromatic heterocycles. The van der Waals surface area contributed by atoms with Crippen molar-refractivity contribution in [3.63, 3.8) is 0 Å². The summed E-state index contributed by atoms with van der Waals surface area (Å²) in [5.41, 5.74) is 1.03. The van der Waals surface area contributed by atoms with Gasteiger partial charge in [-0.15, -0.1) is 4.74 Å². The van der Waals surface area contributed by atoms with E-state index in [2.05, 4.69) is 0 Å². The van der Waals surface area contributed by atoms with E-state index >= 15 is 0 Å². The Morgan fingerprint density at radius 2 is 1.94 bits per heavy atom. The average Bonchev–Trinajstić information content (AvgIpc) is 2.98. The molecule has 1 aliphatic rings. The van der Waals surface area contributed by atoms with E-state index in [1.807, 2.05) is 13.8 Å². The molecule has 18 heavy (non-hydrogen) atoms. The van der Waals surface area contributed by atoms with Gasteiger partial charge in [-0.2, -0.15) is 0 Å². The highest BCUT2D eigenvalue weighted by atomic mass is 16.5. The summed E-state index contributed by atoms with van der Waals surface area (Å²) >= 11 is 0. The van der Waals surface area contributed by atoms with Gasteiger partial charge in [-0.25, -0.2) is 9.59 Å². The lowest BCUT2D eigenvalue weighted by Gasteiger charge is -2.15. The highest BCUT2D eigenvalue weighted by Gasteiger charge is 2.25. The maximum absolute atomic E-state index is 12.3. The number of likely N-dealkylation sites (tertiary alicyclic amines) is 1. The molecule has 0 radical (unpaired) electrons. The standard InChI is InChI=1S/C13H20N2O3/c1-3-7-10-11(4-2)15(18-12(10)16)13(17)14-8-5-6-9-14/h3-9H2,1-2H3. The van der Waals surface area contributed by atoms with Crippen LogP contribution in [0.2, 0.25) is 0 Å². The second-order valence-electron chi connectivity index (χ2n) is 4.68. The Morgan fingerprint density at radius 1 is 1.28 bits per heavy atom. The smallest absolute Gasteiger partial charge is 0.327 e. The quantitative estimate of drug-likeness (QED) is 0.827. The van der Waals surface area contributed by atoms with E-state index in [1.54, 1.807) is 4.90 Å². The fraction of sp³-hybridized carbons (Fsp3) is 0.692. The summed E-state index contributed by atoms with van der Waals surface area (Å²) in [5, 5.41) is 0. The lowest BCUT2D eigenvalue weighted by molar-refractivity contribution is 0.173. The van der Waals surface area contributed by atoms with Crippen molar-refractivity contribution >= 4 is 6.03 Å². The molecule has 5 heteroatoms. The van der Waals surface area contributed by atoms with Crippen molar-refractivity contribution in [2.45, 2.75) is 46.0 Å². The van der Waals surface area contributed by atoms with Gasteiger partial charge in [0.05, 0.1) is 11.3 Å². The molecule has 1 amide bonds. The third-order valence-electron chi connectivity index (χ3n) is 3.40. The van der Waals surface area contributed by atoms with Crippen LogP contribution in [0.3, 0.4) is 0 Å². The minimum atomic E-state index is -0.360. The molecule has 1 saturated heterocycles. The van der Waals surface area contributed by atoms with Crippen molar-refractivity contribution in [2.75, 3.05) is 13.1 Å². The summed E-state index contributed by atoms with van der Waals surface area (Å²) in [6.07, 6.45) is 4.24. The van der Waals surface area contributed by atoms with Crippen LogP contribution < -0.4 is 5.63 Å². The first-order valence-electron chi connectivity index (χ1n) is 6.72. The van der Waals surface area contributed by atoms with Crippen molar-refractivity contribution in [3.8, 4) is 0 Å². The van der Waals surface area contributed by atoms with E-state index in [1.165, 1.54) is 4.74 Å². The predicted molar refractivity (Wildman–Crippen MR) is 67.9 cm³/mol. The Hall–Kier alpha value is -1.52. The first-order chi connectivity index (χ1) is 8.69. The van der Waals surface area contributed by atoms with Gasteiger partial charge in [-0.05, 0) is 25.7 Å². The van der Waals surface area contributed by atoms with Crippen LogP contribution in [0.25, 0.3) is 0 Å². The van der Waals surface area contributed by atoms with Gasteiger partial charge in [0, 0.05) is 13.1 Å². The SMILES string of the molecule is CCCc1c(CC)n(C(=O)N2CCCC2)oc1=O. The zero-order chi connectivity index (χ0) is 13.1. The third-order valence-corrected chi connectivity index (χ3v) is 3.40. The normalized spacial score (nSPS) is 15.3. The zero-order valence-electron chi connectivity index (χ0n) is 11.1. The van der Waals surface area contributed by atoms with Crippen LogP contribution in [0.5, 0.6) is 0 Å². The van der Waals surface area contributed by atoms with Gasteiger partial charge in [-0.3, -0.25) is 0 Å². The van der Waals surface area contributed by atoms with Gasteiger partial charge in [0.1, 0.15) is 0 Å². The van der Waals surface area contributed by atoms with Crippen molar-refractivity contribution in [3.05, 3.63) is 21.7 Å². The molecule has 1 fully saturated rings. The molecule has 100 valence electrons. The molecule has 0 bridgehead atoms. The molecule has 1 aromatic rings. The lowest BCUT2D eigenvalue weighted by atomic mass is 10.1. The van der Waals surface area contributed by atoms with E-state index in [0.717, 1.165) is 38.0 Å². The van der Waals surface area contributed by atoms with Gasteiger partial charge < -0.3 is 9.42 Å². The number of carbonyl (C=O) groups excluding carboxylic acids is 1. The van der Waals surface area contributed by atoms with Crippen molar-refractivity contribution in [1.29, 1.82) is 0 Å². The average molecular weight is 252 g/mol. The maximum Gasteiger partial charge on any atom is 0.361 e. The van der Waals surface area contributed by atoms with Crippen LogP contribution >= 0.6 is 0 Å². The van der Waals surface area contributed by atoms with Crippen LogP contribution in [0.4, 0.5) is 4.79 Å². The Kier molecular flexibility index (Phi) is 3.89. The summed E-state index contributed by atoms with van der Waals surface area (Å²) in [6.45, 7) is 5.47. The van der Waals surface area contributed by atoms with Crippen molar-refractivity contribution in [1.82, 2.24) is 9.64 Å². The number of amides is 1. The highest BCUT2D eigenvalue weighted by molar-refractivity contribution is 5.76. The molecular formula is C13H20N2O3.